The molecule has 1 aromatic rings. The van der Waals surface area contributed by atoms with Crippen LogP contribution in [0.25, 0.3) is 0 Å². The monoisotopic (exact) mass is 300 g/mol. The first kappa shape index (κ1) is 12.8. The molecule has 0 amide bonds. The molecule has 1 saturated heterocycles. The normalized spacial score (nSPS) is 17.4. The number of pyridine rings is 1. The van der Waals surface area contributed by atoms with Crippen LogP contribution in [0.5, 0.6) is 0 Å². The Kier molecular flexibility index (Phi) is 4.76. The van der Waals surface area contributed by atoms with E-state index in [1.165, 1.54) is 0 Å². The minimum absolute atomic E-state index is 0.107. The number of ether oxygens (including phenoxy) is 1. The lowest BCUT2D eigenvalue weighted by atomic mass is 10.1. The second-order valence-electron chi connectivity index (χ2n) is 4.14. The molecule has 0 unspecified atom stereocenters. The van der Waals surface area contributed by atoms with Crippen LogP contribution in [0.1, 0.15) is 12.8 Å². The van der Waals surface area contributed by atoms with Gasteiger partial charge in [0, 0.05) is 23.8 Å². The molecule has 0 aliphatic carbocycles. The fourth-order valence-electron chi connectivity index (χ4n) is 2.07. The van der Waals surface area contributed by atoms with Crippen LogP contribution >= 0.6 is 15.9 Å². The van der Waals surface area contributed by atoms with Crippen molar-refractivity contribution in [2.75, 3.05) is 31.2 Å². The molecular weight excluding hydrogens is 284 g/mol. The highest BCUT2D eigenvalue weighted by Crippen LogP contribution is 2.23. The van der Waals surface area contributed by atoms with Crippen molar-refractivity contribution in [3.05, 3.63) is 22.9 Å². The molecule has 5 heteroatoms. The summed E-state index contributed by atoms with van der Waals surface area (Å²) in [5.41, 5.74) is 1.15. The second-order valence-corrected chi connectivity index (χ2v) is 5.06. The largest absolute Gasteiger partial charge is 0.394 e. The molecule has 1 aromatic heterocycles. The van der Waals surface area contributed by atoms with E-state index in [4.69, 9.17) is 9.84 Å². The SMILES string of the molecule is OCCOC1CCN(c2cncc(Br)c2)CC1. The van der Waals surface area contributed by atoms with E-state index in [1.807, 2.05) is 6.20 Å². The molecular formula is C12H17BrN2O2. The van der Waals surface area contributed by atoms with Crippen LogP contribution in [-0.2, 0) is 4.74 Å². The first-order valence-corrected chi connectivity index (χ1v) is 6.67. The fraction of sp³-hybridized carbons (Fsp3) is 0.583. The number of rotatable bonds is 4. The van der Waals surface area contributed by atoms with Gasteiger partial charge >= 0.3 is 0 Å². The van der Waals surface area contributed by atoms with Gasteiger partial charge in [0.05, 0.1) is 31.2 Å². The molecule has 0 aromatic carbocycles. The average Bonchev–Trinajstić information content (AvgIpc) is 2.37. The van der Waals surface area contributed by atoms with Crippen molar-refractivity contribution in [3.63, 3.8) is 0 Å². The summed E-state index contributed by atoms with van der Waals surface area (Å²) in [4.78, 5) is 6.49. The van der Waals surface area contributed by atoms with Crippen LogP contribution in [0.2, 0.25) is 0 Å². The number of aliphatic hydroxyl groups excluding tert-OH is 1. The van der Waals surface area contributed by atoms with E-state index in [0.717, 1.165) is 36.1 Å². The Hall–Kier alpha value is -0.650. The predicted molar refractivity (Wildman–Crippen MR) is 70.2 cm³/mol. The van der Waals surface area contributed by atoms with Gasteiger partial charge in [-0.2, -0.15) is 0 Å². The Morgan fingerprint density at radius 1 is 1.41 bits per heavy atom. The van der Waals surface area contributed by atoms with Crippen molar-refractivity contribution >= 4 is 21.6 Å². The standard InChI is InChI=1S/C12H17BrN2O2/c13-10-7-11(9-14-8-10)15-3-1-12(2-4-15)17-6-5-16/h7-9,12,16H,1-6H2. The number of aromatic nitrogens is 1. The third-order valence-corrected chi connectivity index (χ3v) is 3.38. The lowest BCUT2D eigenvalue weighted by Crippen LogP contribution is -2.37. The van der Waals surface area contributed by atoms with Gasteiger partial charge in [-0.25, -0.2) is 0 Å². The number of halogens is 1. The third kappa shape index (κ3) is 3.66. The highest BCUT2D eigenvalue weighted by Gasteiger charge is 2.19. The molecule has 1 fully saturated rings. The van der Waals surface area contributed by atoms with E-state index in [2.05, 4.69) is 31.9 Å². The van der Waals surface area contributed by atoms with E-state index >= 15 is 0 Å². The van der Waals surface area contributed by atoms with E-state index < -0.39 is 0 Å². The van der Waals surface area contributed by atoms with Crippen molar-refractivity contribution in [1.29, 1.82) is 0 Å². The van der Waals surface area contributed by atoms with Gasteiger partial charge in [0.25, 0.3) is 0 Å². The van der Waals surface area contributed by atoms with Gasteiger partial charge in [0.15, 0.2) is 0 Å². The van der Waals surface area contributed by atoms with Crippen LogP contribution in [0.15, 0.2) is 22.9 Å². The topological polar surface area (TPSA) is 45.6 Å². The summed E-state index contributed by atoms with van der Waals surface area (Å²) in [5.74, 6) is 0. The number of nitrogens with zero attached hydrogens (tertiary/aromatic N) is 2. The van der Waals surface area contributed by atoms with Gasteiger partial charge in [-0.15, -0.1) is 0 Å². The number of hydrogen-bond donors (Lipinski definition) is 1. The molecule has 0 atom stereocenters. The van der Waals surface area contributed by atoms with Crippen molar-refractivity contribution in [3.8, 4) is 0 Å². The Morgan fingerprint density at radius 2 is 2.18 bits per heavy atom. The minimum atomic E-state index is 0.107. The summed E-state index contributed by atoms with van der Waals surface area (Å²) >= 11 is 3.43. The van der Waals surface area contributed by atoms with Gasteiger partial charge in [-0.1, -0.05) is 0 Å². The minimum Gasteiger partial charge on any atom is -0.394 e. The van der Waals surface area contributed by atoms with Crippen LogP contribution in [0.3, 0.4) is 0 Å². The lowest BCUT2D eigenvalue weighted by molar-refractivity contribution is 0.0159. The Morgan fingerprint density at radius 3 is 2.82 bits per heavy atom. The first-order valence-electron chi connectivity index (χ1n) is 5.87. The fourth-order valence-corrected chi connectivity index (χ4v) is 2.43. The zero-order valence-electron chi connectivity index (χ0n) is 9.68. The predicted octanol–water partition coefficient (Wildman–Crippen LogP) is 1.82. The van der Waals surface area contributed by atoms with Crippen molar-refractivity contribution in [1.82, 2.24) is 4.98 Å². The maximum atomic E-state index is 8.71. The maximum absolute atomic E-state index is 8.71. The van der Waals surface area contributed by atoms with Gasteiger partial charge in [-0.3, -0.25) is 4.98 Å². The third-order valence-electron chi connectivity index (χ3n) is 2.94. The van der Waals surface area contributed by atoms with Crippen molar-refractivity contribution in [2.24, 2.45) is 0 Å². The summed E-state index contributed by atoms with van der Waals surface area (Å²) in [6, 6.07) is 2.09. The van der Waals surface area contributed by atoms with Crippen LogP contribution in [0, 0.1) is 0 Å². The molecule has 0 radical (unpaired) electrons. The summed E-state index contributed by atoms with van der Waals surface area (Å²) in [6.07, 6.45) is 5.98. The van der Waals surface area contributed by atoms with Gasteiger partial charge in [0.1, 0.15) is 0 Å². The van der Waals surface area contributed by atoms with Crippen LogP contribution in [-0.4, -0.2) is 42.5 Å². The summed E-state index contributed by atoms with van der Waals surface area (Å²) in [6.45, 7) is 2.52. The number of aliphatic hydroxyl groups is 1. The second kappa shape index (κ2) is 6.33. The molecule has 17 heavy (non-hydrogen) atoms. The van der Waals surface area contributed by atoms with Crippen LogP contribution < -0.4 is 4.90 Å². The average molecular weight is 301 g/mol. The van der Waals surface area contributed by atoms with E-state index in [9.17, 15) is 0 Å². The molecule has 4 nitrogen and oxygen atoms in total. The Balaban J connectivity index is 1.86. The van der Waals surface area contributed by atoms with Crippen molar-refractivity contribution < 1.29 is 9.84 Å². The summed E-state index contributed by atoms with van der Waals surface area (Å²) < 4.78 is 6.55. The molecule has 2 rings (SSSR count). The highest BCUT2D eigenvalue weighted by atomic mass is 79.9. The molecule has 2 heterocycles. The Labute approximate surface area is 110 Å². The number of piperidine rings is 1. The van der Waals surface area contributed by atoms with Gasteiger partial charge < -0.3 is 14.7 Å². The molecule has 0 bridgehead atoms. The van der Waals surface area contributed by atoms with Crippen LogP contribution in [0.4, 0.5) is 5.69 Å². The van der Waals surface area contributed by atoms with E-state index in [1.54, 1.807) is 6.20 Å². The zero-order valence-corrected chi connectivity index (χ0v) is 11.3. The number of hydrogen-bond acceptors (Lipinski definition) is 4. The number of anilines is 1. The molecule has 1 aliphatic heterocycles. The maximum Gasteiger partial charge on any atom is 0.0701 e. The molecule has 0 saturated carbocycles. The summed E-state index contributed by atoms with van der Waals surface area (Å²) in [7, 11) is 0. The lowest BCUT2D eigenvalue weighted by Gasteiger charge is -2.33. The quantitative estimate of drug-likeness (QED) is 0.921. The summed E-state index contributed by atoms with van der Waals surface area (Å²) in [5, 5.41) is 8.71. The smallest absolute Gasteiger partial charge is 0.0701 e. The molecule has 0 spiro atoms. The molecule has 1 N–H and O–H groups in total. The van der Waals surface area contributed by atoms with Gasteiger partial charge in [0.2, 0.25) is 0 Å². The highest BCUT2D eigenvalue weighted by molar-refractivity contribution is 9.10. The zero-order chi connectivity index (χ0) is 12.1. The van der Waals surface area contributed by atoms with E-state index in [-0.39, 0.29) is 6.61 Å². The van der Waals surface area contributed by atoms with Crippen molar-refractivity contribution in [2.45, 2.75) is 18.9 Å². The Bertz CT molecular complexity index is 354. The first-order chi connectivity index (χ1) is 8.29. The van der Waals surface area contributed by atoms with Gasteiger partial charge in [-0.05, 0) is 34.8 Å². The molecule has 1 aliphatic rings. The molecule has 94 valence electrons. The van der Waals surface area contributed by atoms with E-state index in [0.29, 0.717) is 12.7 Å².